The molecular weight excluding hydrogens is 211 g/mol. The van der Waals surface area contributed by atoms with E-state index in [4.69, 9.17) is 5.11 Å². The third-order valence-corrected chi connectivity index (χ3v) is 1.41. The Morgan fingerprint density at radius 3 is 2.15 bits per heavy atom. The first-order valence-corrected chi connectivity index (χ1v) is 3.63. The lowest BCUT2D eigenvalue weighted by Crippen LogP contribution is -2.47. The highest BCUT2D eigenvalue weighted by Gasteiger charge is 2.40. The van der Waals surface area contributed by atoms with Crippen molar-refractivity contribution in [3.05, 3.63) is 0 Å². The average molecular weight is 217 g/mol. The second kappa shape index (κ2) is 4.35. The van der Waals surface area contributed by atoms with Gasteiger partial charge in [0.2, 0.25) is 0 Å². The van der Waals surface area contributed by atoms with Crippen LogP contribution in [0.5, 0.6) is 0 Å². The van der Waals surface area contributed by atoms with Gasteiger partial charge in [-0.1, -0.05) is 0 Å². The second-order valence-electron chi connectivity index (χ2n) is 2.04. The summed E-state index contributed by atoms with van der Waals surface area (Å²) < 4.78 is 34.7. The summed E-state index contributed by atoms with van der Waals surface area (Å²) in [7, 11) is 0. The summed E-state index contributed by atoms with van der Waals surface area (Å²) in [5.74, 6) is -4.25. The molecule has 1 atom stereocenters. The van der Waals surface area contributed by atoms with Gasteiger partial charge in [-0.05, 0) is 0 Å². The van der Waals surface area contributed by atoms with Crippen LogP contribution in [0, 0.1) is 0 Å². The molecule has 0 aliphatic heterocycles. The van der Waals surface area contributed by atoms with E-state index in [1.54, 1.807) is 0 Å². The average Bonchev–Trinajstić information content (AvgIpc) is 1.96. The van der Waals surface area contributed by atoms with Crippen LogP contribution < -0.4 is 5.32 Å². The fraction of sp³-hybridized carbons (Fsp3) is 0.600. The zero-order valence-electron chi connectivity index (χ0n) is 6.13. The van der Waals surface area contributed by atoms with Crippen LogP contribution in [-0.2, 0) is 9.59 Å². The van der Waals surface area contributed by atoms with Crippen LogP contribution in [-0.4, -0.2) is 35.0 Å². The molecule has 0 aromatic heterocycles. The largest absolute Gasteiger partial charge is 0.480 e. The Bertz CT molecular complexity index is 218. The van der Waals surface area contributed by atoms with E-state index < -0.39 is 29.8 Å². The fourth-order valence-electron chi connectivity index (χ4n) is 0.426. The van der Waals surface area contributed by atoms with Gasteiger partial charge in [0, 0.05) is 5.75 Å². The predicted octanol–water partition coefficient (Wildman–Crippen LogP) is 0.0479. The molecule has 13 heavy (non-hydrogen) atoms. The molecule has 0 aromatic carbocycles. The van der Waals surface area contributed by atoms with Crippen LogP contribution >= 0.6 is 12.6 Å². The Morgan fingerprint density at radius 1 is 1.46 bits per heavy atom. The molecule has 0 spiro atoms. The quantitative estimate of drug-likeness (QED) is 0.585. The van der Waals surface area contributed by atoms with Gasteiger partial charge in [-0.15, -0.1) is 0 Å². The van der Waals surface area contributed by atoms with Gasteiger partial charge in [0.1, 0.15) is 6.04 Å². The number of carboxylic acids is 1. The minimum Gasteiger partial charge on any atom is -0.480 e. The molecule has 1 amide bonds. The number of rotatable bonds is 3. The van der Waals surface area contributed by atoms with Gasteiger partial charge in [0.15, 0.2) is 0 Å². The first kappa shape index (κ1) is 12.1. The van der Waals surface area contributed by atoms with Crippen molar-refractivity contribution in [2.45, 2.75) is 12.2 Å². The fourth-order valence-corrected chi connectivity index (χ4v) is 0.673. The van der Waals surface area contributed by atoms with Crippen molar-refractivity contribution in [1.29, 1.82) is 0 Å². The summed E-state index contributed by atoms with van der Waals surface area (Å²) >= 11 is 3.46. The summed E-state index contributed by atoms with van der Waals surface area (Å²) in [5, 5.41) is 9.52. The zero-order valence-corrected chi connectivity index (χ0v) is 7.02. The van der Waals surface area contributed by atoms with Gasteiger partial charge in [-0.3, -0.25) is 4.79 Å². The normalized spacial score (nSPS) is 13.5. The third-order valence-electron chi connectivity index (χ3n) is 1.04. The van der Waals surface area contributed by atoms with Crippen LogP contribution in [0.4, 0.5) is 13.2 Å². The van der Waals surface area contributed by atoms with E-state index >= 15 is 0 Å². The lowest BCUT2D eigenvalue weighted by Gasteiger charge is -2.12. The molecule has 0 heterocycles. The first-order chi connectivity index (χ1) is 5.79. The second-order valence-corrected chi connectivity index (χ2v) is 2.41. The molecule has 2 N–H and O–H groups in total. The van der Waals surface area contributed by atoms with Crippen molar-refractivity contribution in [2.24, 2.45) is 0 Å². The van der Waals surface area contributed by atoms with Gasteiger partial charge >= 0.3 is 18.1 Å². The van der Waals surface area contributed by atoms with Gasteiger partial charge in [0.05, 0.1) is 0 Å². The van der Waals surface area contributed by atoms with Crippen LogP contribution in [0.15, 0.2) is 0 Å². The highest BCUT2D eigenvalue weighted by Crippen LogP contribution is 2.14. The number of amides is 1. The highest BCUT2D eigenvalue weighted by atomic mass is 32.1. The van der Waals surface area contributed by atoms with Gasteiger partial charge < -0.3 is 10.4 Å². The Balaban J connectivity index is 4.26. The van der Waals surface area contributed by atoms with E-state index in [-0.39, 0.29) is 0 Å². The maximum atomic E-state index is 11.6. The van der Waals surface area contributed by atoms with E-state index in [0.717, 1.165) is 0 Å². The van der Waals surface area contributed by atoms with Crippen LogP contribution in [0.1, 0.15) is 0 Å². The summed E-state index contributed by atoms with van der Waals surface area (Å²) in [6.45, 7) is 0. The molecule has 8 heteroatoms. The number of aliphatic carboxylic acids is 1. The summed E-state index contributed by atoms with van der Waals surface area (Å²) in [5.41, 5.74) is 0. The van der Waals surface area contributed by atoms with E-state index in [9.17, 15) is 22.8 Å². The standard InChI is InChI=1S/C5H6F3NO3S/c6-5(7,8)4(12)9-2(1-13)3(10)11/h2,13H,1H2,(H,9,12)(H,10,11)/t2-/m1/s1. The molecule has 0 aromatic rings. The van der Waals surface area contributed by atoms with Gasteiger partial charge in [-0.25, -0.2) is 4.79 Å². The van der Waals surface area contributed by atoms with Gasteiger partial charge in [0.25, 0.3) is 0 Å². The van der Waals surface area contributed by atoms with Crippen molar-refractivity contribution >= 4 is 24.5 Å². The Labute approximate surface area is 76.5 Å². The zero-order chi connectivity index (χ0) is 10.6. The van der Waals surface area contributed by atoms with Crippen molar-refractivity contribution < 1.29 is 27.9 Å². The monoisotopic (exact) mass is 217 g/mol. The van der Waals surface area contributed by atoms with E-state index in [1.807, 2.05) is 0 Å². The van der Waals surface area contributed by atoms with Crippen LogP contribution in [0.2, 0.25) is 0 Å². The minimum absolute atomic E-state index is 0.406. The van der Waals surface area contributed by atoms with Crippen LogP contribution in [0.25, 0.3) is 0 Å². The summed E-state index contributed by atoms with van der Waals surface area (Å²) in [6.07, 6.45) is -5.07. The molecule has 0 aliphatic rings. The predicted molar refractivity (Wildman–Crippen MR) is 39.5 cm³/mol. The SMILES string of the molecule is O=C(O)[C@@H](CS)NC(=O)C(F)(F)F. The molecule has 0 bridgehead atoms. The number of nitrogens with one attached hydrogen (secondary N) is 1. The van der Waals surface area contributed by atoms with E-state index in [1.165, 1.54) is 5.32 Å². The number of alkyl halides is 3. The summed E-state index contributed by atoms with van der Waals surface area (Å²) in [6, 6.07) is -1.63. The molecule has 0 unspecified atom stereocenters. The molecular formula is C5H6F3NO3S. The highest BCUT2D eigenvalue weighted by molar-refractivity contribution is 7.80. The van der Waals surface area contributed by atoms with Crippen molar-refractivity contribution in [1.82, 2.24) is 5.32 Å². The summed E-state index contributed by atoms with van der Waals surface area (Å²) in [4.78, 5) is 20.4. The lowest BCUT2D eigenvalue weighted by atomic mass is 10.3. The maximum Gasteiger partial charge on any atom is 0.471 e. The molecule has 0 saturated carbocycles. The first-order valence-electron chi connectivity index (χ1n) is 3.00. The molecule has 0 rings (SSSR count). The minimum atomic E-state index is -5.07. The number of hydrogen-bond acceptors (Lipinski definition) is 3. The lowest BCUT2D eigenvalue weighted by molar-refractivity contribution is -0.175. The van der Waals surface area contributed by atoms with Crippen molar-refractivity contribution in [3.8, 4) is 0 Å². The molecule has 0 radical (unpaired) electrons. The maximum absolute atomic E-state index is 11.6. The molecule has 0 fully saturated rings. The Morgan fingerprint density at radius 2 is 1.92 bits per heavy atom. The van der Waals surface area contributed by atoms with Crippen LogP contribution in [0.3, 0.4) is 0 Å². The number of carbonyl (C=O) groups excluding carboxylic acids is 1. The number of thiol groups is 1. The van der Waals surface area contributed by atoms with Gasteiger partial charge in [-0.2, -0.15) is 25.8 Å². The molecule has 0 saturated heterocycles. The van der Waals surface area contributed by atoms with Crippen molar-refractivity contribution in [2.75, 3.05) is 5.75 Å². The number of carboxylic acid groups (broad SMARTS) is 1. The van der Waals surface area contributed by atoms with Crippen molar-refractivity contribution in [3.63, 3.8) is 0 Å². The third kappa shape index (κ3) is 4.02. The topological polar surface area (TPSA) is 66.4 Å². The number of carbonyl (C=O) groups is 2. The molecule has 0 aliphatic carbocycles. The smallest absolute Gasteiger partial charge is 0.471 e. The molecule has 4 nitrogen and oxygen atoms in total. The Hall–Kier alpha value is -0.920. The molecule has 76 valence electrons. The van der Waals surface area contributed by atoms with E-state index in [2.05, 4.69) is 12.6 Å². The number of halogens is 3. The van der Waals surface area contributed by atoms with E-state index in [0.29, 0.717) is 0 Å². The Kier molecular flexibility index (Phi) is 4.05. The number of hydrogen-bond donors (Lipinski definition) is 3.